The van der Waals surface area contributed by atoms with Crippen LogP contribution in [0.4, 0.5) is 4.79 Å². The van der Waals surface area contributed by atoms with Crippen molar-refractivity contribution >= 4 is 17.9 Å². The fraction of sp³-hybridized carbons (Fsp3) is 0.550. The van der Waals surface area contributed by atoms with Gasteiger partial charge in [0.25, 0.3) is 5.91 Å². The van der Waals surface area contributed by atoms with Crippen molar-refractivity contribution in [3.8, 4) is 0 Å². The van der Waals surface area contributed by atoms with Gasteiger partial charge in [-0.25, -0.2) is 4.79 Å². The van der Waals surface area contributed by atoms with E-state index in [1.165, 1.54) is 0 Å². The maximum atomic E-state index is 12.1. The highest BCUT2D eigenvalue weighted by Crippen LogP contribution is 2.25. The average molecular weight is 388 g/mol. The van der Waals surface area contributed by atoms with E-state index in [1.54, 1.807) is 12.1 Å². The molecule has 1 aromatic rings. The zero-order valence-corrected chi connectivity index (χ0v) is 16.1. The lowest BCUT2D eigenvalue weighted by atomic mass is 9.85. The molecule has 28 heavy (non-hydrogen) atoms. The molecule has 8 heteroatoms. The van der Waals surface area contributed by atoms with E-state index in [9.17, 15) is 14.4 Å². The van der Waals surface area contributed by atoms with Crippen molar-refractivity contribution in [2.75, 3.05) is 13.1 Å². The number of carbonyl (C=O) groups excluding carboxylic acids is 2. The Hall–Kier alpha value is -2.61. The van der Waals surface area contributed by atoms with Crippen LogP contribution in [-0.4, -0.2) is 59.1 Å². The molecule has 2 aliphatic rings. The molecule has 0 aromatic heterocycles. The van der Waals surface area contributed by atoms with E-state index in [0.717, 1.165) is 31.2 Å². The van der Waals surface area contributed by atoms with Crippen molar-refractivity contribution in [3.05, 3.63) is 35.4 Å². The Balaban J connectivity index is 1.39. The second-order valence-electron chi connectivity index (χ2n) is 7.55. The van der Waals surface area contributed by atoms with Gasteiger partial charge in [0.05, 0.1) is 6.54 Å². The standard InChI is InChI=1S/C20H28N4O4/c1-2-24(12-18(25)26)17-9-16(10-17)23-20(28)21-11-13-4-3-5-14(8-13)19(27)22-15-6-7-15/h3-5,8,15-17H,2,6-7,9-12H2,1H3,(H,22,27)(H,25,26)(H2,21,23,28). The molecule has 4 N–H and O–H groups in total. The number of carbonyl (C=O) groups is 3. The molecule has 2 saturated carbocycles. The number of amides is 3. The summed E-state index contributed by atoms with van der Waals surface area (Å²) in [6.45, 7) is 2.99. The van der Waals surface area contributed by atoms with E-state index in [4.69, 9.17) is 5.11 Å². The van der Waals surface area contributed by atoms with Crippen LogP contribution in [0.25, 0.3) is 0 Å². The Kier molecular flexibility index (Phi) is 6.51. The topological polar surface area (TPSA) is 111 Å². The van der Waals surface area contributed by atoms with Crippen LogP contribution in [-0.2, 0) is 11.3 Å². The second kappa shape index (κ2) is 9.05. The molecule has 2 aliphatic carbocycles. The van der Waals surface area contributed by atoms with Crippen LogP contribution in [0.5, 0.6) is 0 Å². The minimum atomic E-state index is -0.830. The minimum Gasteiger partial charge on any atom is -0.480 e. The van der Waals surface area contributed by atoms with Crippen molar-refractivity contribution in [2.24, 2.45) is 0 Å². The van der Waals surface area contributed by atoms with E-state index in [1.807, 2.05) is 24.0 Å². The van der Waals surface area contributed by atoms with Gasteiger partial charge in [-0.15, -0.1) is 0 Å². The van der Waals surface area contributed by atoms with Crippen molar-refractivity contribution < 1.29 is 19.5 Å². The van der Waals surface area contributed by atoms with Gasteiger partial charge < -0.3 is 21.1 Å². The lowest BCUT2D eigenvalue weighted by Crippen LogP contribution is -2.56. The summed E-state index contributed by atoms with van der Waals surface area (Å²) < 4.78 is 0. The van der Waals surface area contributed by atoms with Crippen LogP contribution < -0.4 is 16.0 Å². The number of hydrogen-bond acceptors (Lipinski definition) is 4. The molecule has 8 nitrogen and oxygen atoms in total. The van der Waals surface area contributed by atoms with E-state index in [2.05, 4.69) is 16.0 Å². The number of benzene rings is 1. The van der Waals surface area contributed by atoms with Crippen LogP contribution >= 0.6 is 0 Å². The van der Waals surface area contributed by atoms with Crippen LogP contribution in [0.2, 0.25) is 0 Å². The third-order valence-corrected chi connectivity index (χ3v) is 5.26. The molecular weight excluding hydrogens is 360 g/mol. The third-order valence-electron chi connectivity index (χ3n) is 5.26. The molecule has 2 fully saturated rings. The van der Waals surface area contributed by atoms with E-state index in [0.29, 0.717) is 24.7 Å². The van der Waals surface area contributed by atoms with E-state index >= 15 is 0 Å². The molecule has 152 valence electrons. The predicted octanol–water partition coefficient (Wildman–Crippen LogP) is 1.32. The number of aliphatic carboxylic acids is 1. The first-order chi connectivity index (χ1) is 13.4. The summed E-state index contributed by atoms with van der Waals surface area (Å²) in [6.07, 6.45) is 3.60. The zero-order chi connectivity index (χ0) is 20.1. The molecule has 0 atom stereocenters. The summed E-state index contributed by atoms with van der Waals surface area (Å²) >= 11 is 0. The molecule has 3 amide bonds. The maximum absolute atomic E-state index is 12.1. The summed E-state index contributed by atoms with van der Waals surface area (Å²) in [5, 5.41) is 17.6. The molecule has 1 aromatic carbocycles. The first kappa shape index (κ1) is 20.1. The molecule has 0 heterocycles. The molecule has 0 aliphatic heterocycles. The van der Waals surface area contributed by atoms with Crippen molar-refractivity contribution in [2.45, 2.75) is 57.3 Å². The lowest BCUT2D eigenvalue weighted by Gasteiger charge is -2.42. The summed E-state index contributed by atoms with van der Waals surface area (Å²) in [5.41, 5.74) is 1.47. The third kappa shape index (κ3) is 5.69. The van der Waals surface area contributed by atoms with Crippen molar-refractivity contribution in [1.29, 1.82) is 0 Å². The Labute approximate surface area is 164 Å². The highest BCUT2D eigenvalue weighted by atomic mass is 16.4. The maximum Gasteiger partial charge on any atom is 0.317 e. The van der Waals surface area contributed by atoms with Gasteiger partial charge in [0.15, 0.2) is 0 Å². The quantitative estimate of drug-likeness (QED) is 0.510. The van der Waals surface area contributed by atoms with Crippen molar-refractivity contribution in [1.82, 2.24) is 20.9 Å². The van der Waals surface area contributed by atoms with Crippen LogP contribution in [0.15, 0.2) is 24.3 Å². The van der Waals surface area contributed by atoms with Gasteiger partial charge in [0, 0.05) is 30.2 Å². The van der Waals surface area contributed by atoms with Gasteiger partial charge in [-0.3, -0.25) is 14.5 Å². The Bertz CT molecular complexity index is 729. The van der Waals surface area contributed by atoms with Crippen molar-refractivity contribution in [3.63, 3.8) is 0 Å². The molecule has 0 radical (unpaired) electrons. The summed E-state index contributed by atoms with van der Waals surface area (Å²) in [6, 6.07) is 7.57. The van der Waals surface area contributed by atoms with Gasteiger partial charge in [-0.1, -0.05) is 19.1 Å². The molecule has 0 bridgehead atoms. The number of urea groups is 1. The Morgan fingerprint density at radius 3 is 2.54 bits per heavy atom. The highest BCUT2D eigenvalue weighted by Gasteiger charge is 2.34. The highest BCUT2D eigenvalue weighted by molar-refractivity contribution is 5.94. The predicted molar refractivity (Wildman–Crippen MR) is 104 cm³/mol. The number of carboxylic acid groups (broad SMARTS) is 1. The van der Waals surface area contributed by atoms with E-state index < -0.39 is 5.97 Å². The number of nitrogens with zero attached hydrogens (tertiary/aromatic N) is 1. The molecule has 0 unspecified atom stereocenters. The second-order valence-corrected chi connectivity index (χ2v) is 7.55. The van der Waals surface area contributed by atoms with Crippen LogP contribution in [0, 0.1) is 0 Å². The monoisotopic (exact) mass is 388 g/mol. The van der Waals surface area contributed by atoms with Gasteiger partial charge in [-0.05, 0) is 49.9 Å². The summed E-state index contributed by atoms with van der Waals surface area (Å²) in [7, 11) is 0. The summed E-state index contributed by atoms with van der Waals surface area (Å²) in [4.78, 5) is 37.0. The fourth-order valence-corrected chi connectivity index (χ4v) is 3.41. The van der Waals surface area contributed by atoms with Crippen LogP contribution in [0.1, 0.15) is 48.5 Å². The zero-order valence-electron chi connectivity index (χ0n) is 16.1. The van der Waals surface area contributed by atoms with Gasteiger partial charge in [-0.2, -0.15) is 0 Å². The lowest BCUT2D eigenvalue weighted by molar-refractivity contribution is -0.139. The summed E-state index contributed by atoms with van der Waals surface area (Å²) in [5.74, 6) is -0.903. The van der Waals surface area contributed by atoms with Gasteiger partial charge in [0.1, 0.15) is 0 Å². The Morgan fingerprint density at radius 1 is 1.14 bits per heavy atom. The largest absolute Gasteiger partial charge is 0.480 e. The molecule has 0 spiro atoms. The number of nitrogens with one attached hydrogen (secondary N) is 3. The Morgan fingerprint density at radius 2 is 1.89 bits per heavy atom. The molecular formula is C20H28N4O4. The van der Waals surface area contributed by atoms with Gasteiger partial charge >= 0.3 is 12.0 Å². The van der Waals surface area contributed by atoms with E-state index in [-0.39, 0.29) is 30.6 Å². The average Bonchev–Trinajstić information content (AvgIpc) is 3.45. The van der Waals surface area contributed by atoms with Gasteiger partial charge in [0.2, 0.25) is 0 Å². The number of rotatable bonds is 9. The SMILES string of the molecule is CCN(CC(=O)O)C1CC(NC(=O)NCc2cccc(C(=O)NC3CC3)c2)C1. The molecule has 0 saturated heterocycles. The first-order valence-electron chi connectivity index (χ1n) is 9.84. The van der Waals surface area contributed by atoms with Crippen LogP contribution in [0.3, 0.4) is 0 Å². The number of carboxylic acids is 1. The normalized spacial score (nSPS) is 20.9. The minimum absolute atomic E-state index is 0.0325. The molecule has 3 rings (SSSR count). The number of hydrogen-bond donors (Lipinski definition) is 4. The smallest absolute Gasteiger partial charge is 0.317 e. The fourth-order valence-electron chi connectivity index (χ4n) is 3.41. The number of likely N-dealkylation sites (N-methyl/N-ethyl adjacent to an activating group) is 1. The first-order valence-corrected chi connectivity index (χ1v) is 9.84.